The Kier molecular flexibility index (Phi) is 8.77. The Morgan fingerprint density at radius 2 is 1.78 bits per heavy atom. The van der Waals surface area contributed by atoms with Gasteiger partial charge in [-0.2, -0.15) is 0 Å². The molecule has 0 saturated heterocycles. The summed E-state index contributed by atoms with van der Waals surface area (Å²) in [5.74, 6) is 0.301. The predicted octanol–water partition coefficient (Wildman–Crippen LogP) is 5.68. The van der Waals surface area contributed by atoms with Crippen molar-refractivity contribution in [2.75, 3.05) is 6.61 Å². The number of carbonyl (C=O) groups excluding carboxylic acids is 2. The first-order valence-electron chi connectivity index (χ1n) is 11.0. The number of nitrogens with zero attached hydrogens (tertiary/aromatic N) is 1. The summed E-state index contributed by atoms with van der Waals surface area (Å²) in [6.07, 6.45) is 4.28. The zero-order valence-electron chi connectivity index (χ0n) is 18.8. The summed E-state index contributed by atoms with van der Waals surface area (Å²) in [6.45, 7) is 5.96. The van der Waals surface area contributed by atoms with E-state index < -0.39 is 6.04 Å². The molecule has 2 aromatic carbocycles. The van der Waals surface area contributed by atoms with E-state index in [1.54, 1.807) is 11.8 Å². The van der Waals surface area contributed by atoms with Crippen LogP contribution in [0.5, 0.6) is 5.75 Å². The average molecular weight is 566 g/mol. The van der Waals surface area contributed by atoms with Gasteiger partial charge in [-0.05, 0) is 74.6 Å². The highest BCUT2D eigenvalue weighted by atomic mass is 79.9. The molecule has 2 aromatic rings. The molecule has 0 aliphatic heterocycles. The van der Waals surface area contributed by atoms with Crippen molar-refractivity contribution < 1.29 is 14.3 Å². The SMILES string of the molecule is Cc1cc(OCC(=O)N(Cc2cccc(Br)c2)C(C)C(=O)NC2CCCC2)cc(C)c1Br. The fourth-order valence-corrected chi connectivity index (χ4v) is 4.70. The third kappa shape index (κ3) is 6.58. The summed E-state index contributed by atoms with van der Waals surface area (Å²) < 4.78 is 7.80. The first kappa shape index (κ1) is 24.8. The molecule has 1 aliphatic rings. The Morgan fingerprint density at radius 1 is 1.12 bits per heavy atom. The number of amides is 2. The van der Waals surface area contributed by atoms with Gasteiger partial charge in [0.2, 0.25) is 5.91 Å². The van der Waals surface area contributed by atoms with Gasteiger partial charge in [-0.3, -0.25) is 9.59 Å². The second-order valence-corrected chi connectivity index (χ2v) is 10.2. The third-order valence-corrected chi connectivity index (χ3v) is 7.63. The Balaban J connectivity index is 1.74. The number of carbonyl (C=O) groups is 2. The summed E-state index contributed by atoms with van der Waals surface area (Å²) in [7, 11) is 0. The van der Waals surface area contributed by atoms with Gasteiger partial charge < -0.3 is 15.0 Å². The van der Waals surface area contributed by atoms with E-state index in [-0.39, 0.29) is 24.5 Å². The molecule has 1 unspecified atom stereocenters. The highest BCUT2D eigenvalue weighted by Crippen LogP contribution is 2.26. The summed E-state index contributed by atoms with van der Waals surface area (Å²) in [4.78, 5) is 27.8. The van der Waals surface area contributed by atoms with E-state index in [1.807, 2.05) is 50.2 Å². The smallest absolute Gasteiger partial charge is 0.261 e. The molecule has 1 aliphatic carbocycles. The van der Waals surface area contributed by atoms with Crippen LogP contribution in [-0.4, -0.2) is 35.4 Å². The van der Waals surface area contributed by atoms with Crippen molar-refractivity contribution in [3.63, 3.8) is 0 Å². The van der Waals surface area contributed by atoms with Gasteiger partial charge in [0.15, 0.2) is 6.61 Å². The second kappa shape index (κ2) is 11.3. The minimum atomic E-state index is -0.598. The normalized spacial score (nSPS) is 14.8. The van der Waals surface area contributed by atoms with E-state index in [0.717, 1.165) is 51.3 Å². The van der Waals surface area contributed by atoms with E-state index in [4.69, 9.17) is 4.74 Å². The van der Waals surface area contributed by atoms with Crippen molar-refractivity contribution in [1.82, 2.24) is 10.2 Å². The van der Waals surface area contributed by atoms with E-state index in [2.05, 4.69) is 37.2 Å². The summed E-state index contributed by atoms with van der Waals surface area (Å²) in [6, 6.07) is 11.2. The van der Waals surface area contributed by atoms with E-state index in [1.165, 1.54) is 0 Å². The lowest BCUT2D eigenvalue weighted by Crippen LogP contribution is -2.50. The van der Waals surface area contributed by atoms with Crippen LogP contribution in [0, 0.1) is 13.8 Å². The largest absolute Gasteiger partial charge is 0.484 e. The average Bonchev–Trinajstić information content (AvgIpc) is 3.26. The van der Waals surface area contributed by atoms with Crippen molar-refractivity contribution in [3.05, 3.63) is 62.0 Å². The Morgan fingerprint density at radius 3 is 2.41 bits per heavy atom. The van der Waals surface area contributed by atoms with Crippen molar-refractivity contribution in [2.45, 2.75) is 65.1 Å². The van der Waals surface area contributed by atoms with Gasteiger partial charge >= 0.3 is 0 Å². The van der Waals surface area contributed by atoms with Crippen LogP contribution in [0.2, 0.25) is 0 Å². The lowest BCUT2D eigenvalue weighted by Gasteiger charge is -2.29. The molecule has 1 atom stereocenters. The van der Waals surface area contributed by atoms with Crippen molar-refractivity contribution in [3.8, 4) is 5.75 Å². The third-order valence-electron chi connectivity index (χ3n) is 5.88. The Hall–Kier alpha value is -1.86. The molecule has 5 nitrogen and oxygen atoms in total. The van der Waals surface area contributed by atoms with E-state index >= 15 is 0 Å². The number of benzene rings is 2. The predicted molar refractivity (Wildman–Crippen MR) is 134 cm³/mol. The number of hydrogen-bond donors (Lipinski definition) is 1. The van der Waals surface area contributed by atoms with Crippen LogP contribution in [0.4, 0.5) is 0 Å². The first-order valence-corrected chi connectivity index (χ1v) is 12.6. The molecule has 2 amide bonds. The van der Waals surface area contributed by atoms with Gasteiger partial charge in [0.1, 0.15) is 11.8 Å². The van der Waals surface area contributed by atoms with Gasteiger partial charge in [0.25, 0.3) is 5.91 Å². The fourth-order valence-electron chi connectivity index (χ4n) is 4.02. The molecule has 1 saturated carbocycles. The van der Waals surface area contributed by atoms with Gasteiger partial charge in [-0.15, -0.1) is 0 Å². The van der Waals surface area contributed by atoms with Crippen LogP contribution >= 0.6 is 31.9 Å². The van der Waals surface area contributed by atoms with E-state index in [0.29, 0.717) is 12.3 Å². The molecule has 0 heterocycles. The molecule has 0 radical (unpaired) electrons. The standard InChI is InChI=1S/C25H30Br2N2O3/c1-16-11-22(12-17(2)24(16)27)32-15-23(30)29(14-19-7-6-8-20(26)13-19)18(3)25(31)28-21-9-4-5-10-21/h6-8,11-13,18,21H,4-5,9-10,14-15H2,1-3H3,(H,28,31). The van der Waals surface area contributed by atoms with Crippen LogP contribution < -0.4 is 10.1 Å². The second-order valence-electron chi connectivity index (χ2n) is 8.48. The molecule has 0 bridgehead atoms. The zero-order chi connectivity index (χ0) is 23.3. The number of aryl methyl sites for hydroxylation is 2. The highest BCUT2D eigenvalue weighted by molar-refractivity contribution is 9.10. The lowest BCUT2D eigenvalue weighted by atomic mass is 10.1. The van der Waals surface area contributed by atoms with Crippen LogP contribution in [0.25, 0.3) is 0 Å². The van der Waals surface area contributed by atoms with E-state index in [9.17, 15) is 9.59 Å². The maximum Gasteiger partial charge on any atom is 0.261 e. The zero-order valence-corrected chi connectivity index (χ0v) is 22.0. The molecular formula is C25H30Br2N2O3. The number of nitrogens with one attached hydrogen (secondary N) is 1. The van der Waals surface area contributed by atoms with Crippen LogP contribution in [-0.2, 0) is 16.1 Å². The fraction of sp³-hybridized carbons (Fsp3) is 0.440. The van der Waals surface area contributed by atoms with Gasteiger partial charge in [0, 0.05) is 21.5 Å². The van der Waals surface area contributed by atoms with Crippen LogP contribution in [0.3, 0.4) is 0 Å². The van der Waals surface area contributed by atoms with Gasteiger partial charge in [0.05, 0.1) is 0 Å². The number of ether oxygens (including phenoxy) is 1. The monoisotopic (exact) mass is 564 g/mol. The number of rotatable bonds is 8. The molecule has 0 aromatic heterocycles. The minimum absolute atomic E-state index is 0.115. The molecule has 7 heteroatoms. The van der Waals surface area contributed by atoms with Crippen LogP contribution in [0.15, 0.2) is 45.3 Å². The summed E-state index contributed by atoms with van der Waals surface area (Å²) in [5.41, 5.74) is 3.04. The molecule has 32 heavy (non-hydrogen) atoms. The first-order chi connectivity index (χ1) is 15.2. The van der Waals surface area contributed by atoms with Crippen molar-refractivity contribution in [2.24, 2.45) is 0 Å². The van der Waals surface area contributed by atoms with Gasteiger partial charge in [-0.1, -0.05) is 56.8 Å². The van der Waals surface area contributed by atoms with Crippen LogP contribution in [0.1, 0.15) is 49.3 Å². The number of hydrogen-bond acceptors (Lipinski definition) is 3. The topological polar surface area (TPSA) is 58.6 Å². The Labute approximate surface area is 207 Å². The van der Waals surface area contributed by atoms with Gasteiger partial charge in [-0.25, -0.2) is 0 Å². The maximum absolute atomic E-state index is 13.2. The highest BCUT2D eigenvalue weighted by Gasteiger charge is 2.28. The van der Waals surface area contributed by atoms with Crippen molar-refractivity contribution in [1.29, 1.82) is 0 Å². The molecular weight excluding hydrogens is 536 g/mol. The quantitative estimate of drug-likeness (QED) is 0.448. The Bertz CT molecular complexity index is 950. The lowest BCUT2D eigenvalue weighted by molar-refractivity contribution is -0.142. The molecule has 172 valence electrons. The summed E-state index contributed by atoms with van der Waals surface area (Å²) in [5, 5.41) is 3.12. The number of halogens is 2. The minimum Gasteiger partial charge on any atom is -0.484 e. The molecule has 0 spiro atoms. The molecule has 1 fully saturated rings. The van der Waals surface area contributed by atoms with Crippen molar-refractivity contribution >= 4 is 43.7 Å². The molecule has 1 N–H and O–H groups in total. The maximum atomic E-state index is 13.2. The summed E-state index contributed by atoms with van der Waals surface area (Å²) >= 11 is 7.03. The molecule has 3 rings (SSSR count).